The number of ketones is 1. The molecule has 16 heavy (non-hydrogen) atoms. The summed E-state index contributed by atoms with van der Waals surface area (Å²) in [4.78, 5) is 11.7. The number of carbonyl (C=O) groups excluding carboxylic acids is 1. The Morgan fingerprint density at radius 1 is 1.38 bits per heavy atom. The lowest BCUT2D eigenvalue weighted by atomic mass is 10.1. The van der Waals surface area contributed by atoms with Crippen molar-refractivity contribution in [1.29, 1.82) is 0 Å². The van der Waals surface area contributed by atoms with Crippen LogP contribution in [0.15, 0.2) is 24.3 Å². The van der Waals surface area contributed by atoms with E-state index in [-0.39, 0.29) is 10.5 Å². The van der Waals surface area contributed by atoms with Crippen LogP contribution >= 0.6 is 23.4 Å². The molecule has 0 aliphatic rings. The molecule has 3 heteroatoms. The van der Waals surface area contributed by atoms with Crippen LogP contribution in [0.4, 0.5) is 0 Å². The summed E-state index contributed by atoms with van der Waals surface area (Å²) in [5.74, 6) is 0.818. The number of hydrogen-bond acceptors (Lipinski definition) is 2. The smallest absolute Gasteiger partial charge is 0.147 e. The van der Waals surface area contributed by atoms with Crippen LogP contribution in [0.1, 0.15) is 26.3 Å². The Kier molecular flexibility index (Phi) is 4.88. The zero-order valence-corrected chi connectivity index (χ0v) is 11.5. The molecule has 1 rings (SSSR count). The Morgan fingerprint density at radius 2 is 2.06 bits per heavy atom. The lowest BCUT2D eigenvalue weighted by Gasteiger charge is -2.16. The van der Waals surface area contributed by atoms with Crippen molar-refractivity contribution in [2.24, 2.45) is 0 Å². The number of thioether (sulfide) groups is 1. The van der Waals surface area contributed by atoms with Gasteiger partial charge in [0.05, 0.1) is 5.75 Å². The number of rotatable bonds is 4. The number of Topliss-reactive ketones (excluding diaryl/α,β-unsaturated/α-hetero) is 1. The Labute approximate surface area is 107 Å². The van der Waals surface area contributed by atoms with Gasteiger partial charge in [-0.1, -0.05) is 44.5 Å². The summed E-state index contributed by atoms with van der Waals surface area (Å²) >= 11 is 7.54. The van der Waals surface area contributed by atoms with E-state index in [2.05, 4.69) is 20.8 Å². The monoisotopic (exact) mass is 256 g/mol. The SMILES string of the molecule is CC(C)(C)SCC(=O)Cc1cccc(Cl)c1. The molecule has 88 valence electrons. The molecule has 0 saturated carbocycles. The predicted octanol–water partition coefficient (Wildman–Crippen LogP) is 3.98. The normalized spacial score (nSPS) is 11.5. The molecule has 0 N–H and O–H groups in total. The summed E-state index contributed by atoms with van der Waals surface area (Å²) in [5.41, 5.74) is 0.993. The van der Waals surface area contributed by atoms with Crippen LogP contribution in [0.25, 0.3) is 0 Å². The lowest BCUT2D eigenvalue weighted by Crippen LogP contribution is -2.14. The van der Waals surface area contributed by atoms with Gasteiger partial charge in [-0.15, -0.1) is 11.8 Å². The molecule has 0 radical (unpaired) electrons. The minimum atomic E-state index is 0.143. The fourth-order valence-electron chi connectivity index (χ4n) is 1.22. The third kappa shape index (κ3) is 5.57. The molecular weight excluding hydrogens is 240 g/mol. The summed E-state index contributed by atoms with van der Waals surface area (Å²) < 4.78 is 0.143. The Balaban J connectivity index is 2.46. The second-order valence-electron chi connectivity index (χ2n) is 4.75. The fraction of sp³-hybridized carbons (Fsp3) is 0.462. The maximum Gasteiger partial charge on any atom is 0.147 e. The van der Waals surface area contributed by atoms with Gasteiger partial charge in [-0.05, 0) is 17.7 Å². The first kappa shape index (κ1) is 13.6. The van der Waals surface area contributed by atoms with Crippen molar-refractivity contribution in [3.8, 4) is 0 Å². The lowest BCUT2D eigenvalue weighted by molar-refractivity contribution is -0.116. The van der Waals surface area contributed by atoms with E-state index in [1.54, 1.807) is 11.8 Å². The molecular formula is C13H17ClOS. The summed E-state index contributed by atoms with van der Waals surface area (Å²) in [6.45, 7) is 6.35. The van der Waals surface area contributed by atoms with Gasteiger partial charge in [-0.2, -0.15) is 0 Å². The van der Waals surface area contributed by atoms with E-state index >= 15 is 0 Å². The molecule has 1 aromatic rings. The average molecular weight is 257 g/mol. The molecule has 1 nitrogen and oxygen atoms in total. The van der Waals surface area contributed by atoms with Crippen LogP contribution in [0.5, 0.6) is 0 Å². The third-order valence-electron chi connectivity index (χ3n) is 1.96. The molecule has 0 saturated heterocycles. The van der Waals surface area contributed by atoms with Gasteiger partial charge in [-0.3, -0.25) is 4.79 Å². The van der Waals surface area contributed by atoms with Gasteiger partial charge in [-0.25, -0.2) is 0 Å². The van der Waals surface area contributed by atoms with E-state index in [0.29, 0.717) is 17.2 Å². The Hall–Kier alpha value is -0.470. The van der Waals surface area contributed by atoms with Crippen LogP contribution in [0.3, 0.4) is 0 Å². The predicted molar refractivity (Wildman–Crippen MR) is 72.4 cm³/mol. The van der Waals surface area contributed by atoms with Crippen molar-refractivity contribution in [2.75, 3.05) is 5.75 Å². The molecule has 0 heterocycles. The van der Waals surface area contributed by atoms with Crippen LogP contribution in [-0.4, -0.2) is 16.3 Å². The Morgan fingerprint density at radius 3 is 2.62 bits per heavy atom. The summed E-state index contributed by atoms with van der Waals surface area (Å²) in [7, 11) is 0. The highest BCUT2D eigenvalue weighted by Crippen LogP contribution is 2.23. The largest absolute Gasteiger partial charge is 0.298 e. The van der Waals surface area contributed by atoms with Gasteiger partial charge >= 0.3 is 0 Å². The highest BCUT2D eigenvalue weighted by molar-refractivity contribution is 8.01. The molecule has 0 unspecified atom stereocenters. The van der Waals surface area contributed by atoms with E-state index in [4.69, 9.17) is 11.6 Å². The van der Waals surface area contributed by atoms with Crippen molar-refractivity contribution in [3.05, 3.63) is 34.9 Å². The van der Waals surface area contributed by atoms with Crippen molar-refractivity contribution in [1.82, 2.24) is 0 Å². The first-order chi connectivity index (χ1) is 7.37. The number of hydrogen-bond donors (Lipinski definition) is 0. The van der Waals surface area contributed by atoms with Crippen molar-refractivity contribution in [3.63, 3.8) is 0 Å². The van der Waals surface area contributed by atoms with Crippen molar-refractivity contribution < 1.29 is 4.79 Å². The first-order valence-electron chi connectivity index (χ1n) is 5.27. The van der Waals surface area contributed by atoms with Gasteiger partial charge in [0.2, 0.25) is 0 Å². The topological polar surface area (TPSA) is 17.1 Å². The van der Waals surface area contributed by atoms with Crippen molar-refractivity contribution in [2.45, 2.75) is 31.9 Å². The molecule has 0 aliphatic heterocycles. The maximum atomic E-state index is 11.7. The maximum absolute atomic E-state index is 11.7. The quantitative estimate of drug-likeness (QED) is 0.811. The van der Waals surface area contributed by atoms with E-state index in [0.717, 1.165) is 5.56 Å². The zero-order chi connectivity index (χ0) is 12.2. The zero-order valence-electron chi connectivity index (χ0n) is 9.92. The standard InChI is InChI=1S/C13H17ClOS/c1-13(2,3)16-9-12(15)8-10-5-4-6-11(14)7-10/h4-7H,8-9H2,1-3H3. The summed E-state index contributed by atoms with van der Waals surface area (Å²) in [6.07, 6.45) is 0.476. The van der Waals surface area contributed by atoms with Gasteiger partial charge in [0.1, 0.15) is 5.78 Å². The molecule has 0 aromatic heterocycles. The minimum absolute atomic E-state index is 0.143. The molecule has 0 bridgehead atoms. The van der Waals surface area contributed by atoms with Gasteiger partial charge in [0.25, 0.3) is 0 Å². The van der Waals surface area contributed by atoms with Crippen molar-refractivity contribution >= 4 is 29.1 Å². The van der Waals surface area contributed by atoms with Crippen LogP contribution < -0.4 is 0 Å². The second kappa shape index (κ2) is 5.74. The molecule has 0 amide bonds. The molecule has 0 fully saturated rings. The summed E-state index contributed by atoms with van der Waals surface area (Å²) in [5, 5.41) is 0.689. The van der Waals surface area contributed by atoms with E-state index < -0.39 is 0 Å². The fourth-order valence-corrected chi connectivity index (χ4v) is 2.13. The highest BCUT2D eigenvalue weighted by atomic mass is 35.5. The van der Waals surface area contributed by atoms with E-state index in [1.165, 1.54) is 0 Å². The molecule has 0 spiro atoms. The van der Waals surface area contributed by atoms with Gasteiger partial charge < -0.3 is 0 Å². The third-order valence-corrected chi connectivity index (χ3v) is 3.52. The Bertz CT molecular complexity index is 368. The van der Waals surface area contributed by atoms with Crippen LogP contribution in [0.2, 0.25) is 5.02 Å². The molecule has 1 aromatic carbocycles. The molecule has 0 aliphatic carbocycles. The first-order valence-corrected chi connectivity index (χ1v) is 6.63. The van der Waals surface area contributed by atoms with Crippen LogP contribution in [0, 0.1) is 0 Å². The van der Waals surface area contributed by atoms with E-state index in [9.17, 15) is 4.79 Å². The number of halogens is 1. The number of benzene rings is 1. The minimum Gasteiger partial charge on any atom is -0.298 e. The molecule has 0 atom stereocenters. The van der Waals surface area contributed by atoms with E-state index in [1.807, 2.05) is 24.3 Å². The average Bonchev–Trinajstić information content (AvgIpc) is 2.14. The van der Waals surface area contributed by atoms with Gasteiger partial charge in [0, 0.05) is 16.2 Å². The summed E-state index contributed by atoms with van der Waals surface area (Å²) in [6, 6.07) is 7.48. The number of carbonyl (C=O) groups is 1. The highest BCUT2D eigenvalue weighted by Gasteiger charge is 2.13. The van der Waals surface area contributed by atoms with Gasteiger partial charge in [0.15, 0.2) is 0 Å². The second-order valence-corrected chi connectivity index (χ2v) is 6.98. The van der Waals surface area contributed by atoms with Crippen LogP contribution in [-0.2, 0) is 11.2 Å².